The first-order valence-electron chi connectivity index (χ1n) is 10.2. The summed E-state index contributed by atoms with van der Waals surface area (Å²) in [5.41, 5.74) is 0.184. The summed E-state index contributed by atoms with van der Waals surface area (Å²) in [5, 5.41) is 22.1. The summed E-state index contributed by atoms with van der Waals surface area (Å²) >= 11 is 1.31. The van der Waals surface area contributed by atoms with Gasteiger partial charge in [0.05, 0.1) is 43.3 Å². The van der Waals surface area contributed by atoms with Crippen LogP contribution >= 0.6 is 11.8 Å². The minimum Gasteiger partial charge on any atom is -0.494 e. The standard InChI is InChI=1S/C24H24N2O5S/c1-4-31-16-10-8-15(9-11-16)24(28)14-32-23-19(13-25)18(12-21(27)26(23)24)17-6-5-7-20(29-2)22(17)30-3/h5-11,18,28H,4,12,14H2,1-3H3/t18-,24+/m1/s1. The third-order valence-corrected chi connectivity index (χ3v) is 6.97. The summed E-state index contributed by atoms with van der Waals surface area (Å²) in [5.74, 6) is 1.21. The number of hydrogen-bond acceptors (Lipinski definition) is 7. The van der Waals surface area contributed by atoms with Gasteiger partial charge < -0.3 is 19.3 Å². The predicted molar refractivity (Wildman–Crippen MR) is 120 cm³/mol. The molecule has 0 aliphatic carbocycles. The molecule has 2 heterocycles. The van der Waals surface area contributed by atoms with Crippen LogP contribution < -0.4 is 14.2 Å². The number of benzene rings is 2. The molecule has 0 spiro atoms. The average Bonchev–Trinajstić information content (AvgIpc) is 3.18. The summed E-state index contributed by atoms with van der Waals surface area (Å²) in [6.07, 6.45) is 0.0375. The molecule has 2 atom stereocenters. The van der Waals surface area contributed by atoms with Crippen LogP contribution in [0.25, 0.3) is 0 Å². The van der Waals surface area contributed by atoms with E-state index < -0.39 is 11.6 Å². The number of nitrogens with zero attached hydrogens (tertiary/aromatic N) is 2. The van der Waals surface area contributed by atoms with E-state index in [9.17, 15) is 15.2 Å². The first kappa shape index (κ1) is 22.1. The maximum atomic E-state index is 13.3. The van der Waals surface area contributed by atoms with Crippen molar-refractivity contribution in [3.63, 3.8) is 0 Å². The molecule has 2 aliphatic heterocycles. The fraction of sp³-hybridized carbons (Fsp3) is 0.333. The normalized spacial score (nSPS) is 22.4. The van der Waals surface area contributed by atoms with Crippen LogP contribution in [0.1, 0.15) is 30.4 Å². The van der Waals surface area contributed by atoms with Gasteiger partial charge in [0.15, 0.2) is 17.2 Å². The lowest BCUT2D eigenvalue weighted by atomic mass is 9.84. The monoisotopic (exact) mass is 452 g/mol. The summed E-state index contributed by atoms with van der Waals surface area (Å²) in [4.78, 5) is 14.7. The number of rotatable bonds is 6. The molecule has 32 heavy (non-hydrogen) atoms. The predicted octanol–water partition coefficient (Wildman–Crippen LogP) is 3.75. The van der Waals surface area contributed by atoms with Gasteiger partial charge in [-0.15, -0.1) is 11.8 Å². The highest BCUT2D eigenvalue weighted by Gasteiger charge is 2.52. The number of ether oxygens (including phenoxy) is 3. The third-order valence-electron chi connectivity index (χ3n) is 5.75. The van der Waals surface area contributed by atoms with Crippen molar-refractivity contribution in [1.29, 1.82) is 5.26 Å². The van der Waals surface area contributed by atoms with Crippen molar-refractivity contribution in [1.82, 2.24) is 4.90 Å². The van der Waals surface area contributed by atoms with Crippen LogP contribution in [0, 0.1) is 11.3 Å². The second kappa shape index (κ2) is 8.77. The lowest BCUT2D eigenvalue weighted by Crippen LogP contribution is -2.48. The molecule has 0 unspecified atom stereocenters. The van der Waals surface area contributed by atoms with Crippen LogP contribution in [-0.2, 0) is 10.5 Å². The summed E-state index contributed by atoms with van der Waals surface area (Å²) in [6, 6.07) is 14.8. The Hall–Kier alpha value is -3.15. The van der Waals surface area contributed by atoms with Gasteiger partial charge in [-0.1, -0.05) is 24.3 Å². The fourth-order valence-electron chi connectivity index (χ4n) is 4.28. The van der Waals surface area contributed by atoms with Gasteiger partial charge in [-0.2, -0.15) is 5.26 Å². The topological polar surface area (TPSA) is 92.0 Å². The molecule has 1 N–H and O–H groups in total. The molecular formula is C24H24N2O5S. The molecule has 2 aliphatic rings. The number of fused-ring (bicyclic) bond motifs is 1. The van der Waals surface area contributed by atoms with E-state index in [2.05, 4.69) is 6.07 Å². The molecule has 1 saturated heterocycles. The average molecular weight is 453 g/mol. The lowest BCUT2D eigenvalue weighted by molar-refractivity contribution is -0.149. The Kier molecular flexibility index (Phi) is 6.04. The van der Waals surface area contributed by atoms with Gasteiger partial charge in [-0.25, -0.2) is 0 Å². The van der Waals surface area contributed by atoms with Crippen molar-refractivity contribution in [3.05, 3.63) is 64.2 Å². The zero-order valence-electron chi connectivity index (χ0n) is 18.1. The highest BCUT2D eigenvalue weighted by atomic mass is 32.2. The Morgan fingerprint density at radius 2 is 1.97 bits per heavy atom. The SMILES string of the molecule is CCOc1ccc([C@@]2(O)CSC3=C(C#N)[C@@H](c4cccc(OC)c4OC)CC(=O)N32)cc1. The number of carbonyl (C=O) groups excluding carboxylic acids is 1. The number of methoxy groups -OCH3 is 2. The minimum absolute atomic E-state index is 0.0375. The molecule has 8 heteroatoms. The Balaban J connectivity index is 1.78. The number of amides is 1. The largest absolute Gasteiger partial charge is 0.494 e. The van der Waals surface area contributed by atoms with E-state index in [1.807, 2.05) is 19.1 Å². The zero-order chi connectivity index (χ0) is 22.9. The minimum atomic E-state index is -1.53. The molecule has 7 nitrogen and oxygen atoms in total. The number of aliphatic hydroxyl groups is 1. The van der Waals surface area contributed by atoms with Crippen molar-refractivity contribution in [2.45, 2.75) is 25.0 Å². The number of allylic oxidation sites excluding steroid dienone is 1. The van der Waals surface area contributed by atoms with Crippen LogP contribution in [0.5, 0.6) is 17.2 Å². The van der Waals surface area contributed by atoms with E-state index in [-0.39, 0.29) is 18.1 Å². The van der Waals surface area contributed by atoms with Crippen LogP contribution in [-0.4, -0.2) is 42.5 Å². The first-order valence-corrected chi connectivity index (χ1v) is 11.2. The van der Waals surface area contributed by atoms with Crippen molar-refractivity contribution in [2.24, 2.45) is 0 Å². The second-order valence-electron chi connectivity index (χ2n) is 7.46. The molecule has 166 valence electrons. The van der Waals surface area contributed by atoms with Gasteiger partial charge in [0.25, 0.3) is 0 Å². The molecule has 2 aromatic rings. The van der Waals surface area contributed by atoms with E-state index >= 15 is 0 Å². The highest BCUT2D eigenvalue weighted by molar-refractivity contribution is 8.03. The maximum absolute atomic E-state index is 13.3. The molecule has 4 rings (SSSR count). The zero-order valence-corrected chi connectivity index (χ0v) is 18.9. The Morgan fingerprint density at radius 3 is 2.59 bits per heavy atom. The van der Waals surface area contributed by atoms with Crippen LogP contribution in [0.3, 0.4) is 0 Å². The summed E-state index contributed by atoms with van der Waals surface area (Å²) in [6.45, 7) is 2.44. The number of nitriles is 1. The molecule has 0 radical (unpaired) electrons. The van der Waals surface area contributed by atoms with E-state index in [4.69, 9.17) is 14.2 Å². The first-order chi connectivity index (χ1) is 15.5. The number of thioether (sulfide) groups is 1. The van der Waals surface area contributed by atoms with Crippen molar-refractivity contribution < 1.29 is 24.1 Å². The van der Waals surface area contributed by atoms with Gasteiger partial charge in [-0.05, 0) is 25.1 Å². The number of hydrogen-bond donors (Lipinski definition) is 1. The van der Waals surface area contributed by atoms with E-state index in [1.54, 1.807) is 37.4 Å². The van der Waals surface area contributed by atoms with Crippen LogP contribution in [0.15, 0.2) is 53.1 Å². The van der Waals surface area contributed by atoms with Crippen molar-refractivity contribution in [2.75, 3.05) is 26.6 Å². The van der Waals surface area contributed by atoms with Gasteiger partial charge in [0, 0.05) is 23.5 Å². The molecule has 0 saturated carbocycles. The van der Waals surface area contributed by atoms with Crippen molar-refractivity contribution in [3.8, 4) is 23.3 Å². The lowest BCUT2D eigenvalue weighted by Gasteiger charge is -2.38. The molecule has 0 bridgehead atoms. The van der Waals surface area contributed by atoms with Crippen LogP contribution in [0.2, 0.25) is 0 Å². The Labute approximate surface area is 191 Å². The van der Waals surface area contributed by atoms with E-state index in [0.29, 0.717) is 45.6 Å². The fourth-order valence-corrected chi connectivity index (χ4v) is 5.63. The molecule has 1 amide bonds. The highest BCUT2D eigenvalue weighted by Crippen LogP contribution is 2.53. The smallest absolute Gasteiger partial charge is 0.231 e. The summed E-state index contributed by atoms with van der Waals surface area (Å²) in [7, 11) is 3.08. The molecule has 1 fully saturated rings. The van der Waals surface area contributed by atoms with Gasteiger partial charge in [0.1, 0.15) is 5.75 Å². The van der Waals surface area contributed by atoms with Gasteiger partial charge >= 0.3 is 0 Å². The third kappa shape index (κ3) is 3.48. The Morgan fingerprint density at radius 1 is 1.22 bits per heavy atom. The van der Waals surface area contributed by atoms with Crippen molar-refractivity contribution >= 4 is 17.7 Å². The van der Waals surface area contributed by atoms with Gasteiger partial charge in [0.2, 0.25) is 5.91 Å². The molecule has 0 aromatic heterocycles. The van der Waals surface area contributed by atoms with Gasteiger partial charge in [-0.3, -0.25) is 9.69 Å². The quantitative estimate of drug-likeness (QED) is 0.714. The molecular weight excluding hydrogens is 428 g/mol. The van der Waals surface area contributed by atoms with Crippen LogP contribution in [0.4, 0.5) is 0 Å². The Bertz CT molecular complexity index is 1110. The van der Waals surface area contributed by atoms with E-state index in [0.717, 1.165) is 0 Å². The number of para-hydroxylation sites is 1. The second-order valence-corrected chi connectivity index (χ2v) is 8.43. The maximum Gasteiger partial charge on any atom is 0.231 e. The number of carbonyl (C=O) groups is 1. The summed E-state index contributed by atoms with van der Waals surface area (Å²) < 4.78 is 16.4. The van der Waals surface area contributed by atoms with E-state index in [1.165, 1.54) is 23.8 Å². The molecule has 2 aromatic carbocycles.